The lowest BCUT2D eigenvalue weighted by atomic mass is 10.2. The van der Waals surface area contributed by atoms with Gasteiger partial charge in [-0.2, -0.15) is 18.3 Å². The van der Waals surface area contributed by atoms with Gasteiger partial charge in [-0.1, -0.05) is 0 Å². The molecule has 1 N–H and O–H groups in total. The third-order valence-electron chi connectivity index (χ3n) is 1.88. The molecule has 86 valence electrons. The molecular formula is C9H7ClF3N3. The van der Waals surface area contributed by atoms with Gasteiger partial charge in [0.25, 0.3) is 0 Å². The summed E-state index contributed by atoms with van der Waals surface area (Å²) in [5.74, 6) is 0. The summed E-state index contributed by atoms with van der Waals surface area (Å²) in [7, 11) is 0. The summed E-state index contributed by atoms with van der Waals surface area (Å²) in [4.78, 5) is 3.71. The molecule has 0 saturated heterocycles. The Hall–Kier alpha value is -1.56. The van der Waals surface area contributed by atoms with Gasteiger partial charge in [0, 0.05) is 18.0 Å². The molecule has 0 aliphatic rings. The number of nitrogens with one attached hydrogen (secondary N) is 1. The molecule has 0 unspecified atom stereocenters. The molecule has 0 spiro atoms. The Bertz CT molecular complexity index is 436. The van der Waals surface area contributed by atoms with Crippen LogP contribution in [0.25, 0.3) is 11.3 Å². The van der Waals surface area contributed by atoms with Crippen molar-refractivity contribution < 1.29 is 13.2 Å². The minimum atomic E-state index is -4.35. The van der Waals surface area contributed by atoms with Crippen molar-refractivity contribution in [2.75, 3.05) is 0 Å². The molecule has 0 aliphatic heterocycles. The van der Waals surface area contributed by atoms with Crippen LogP contribution in [-0.2, 0) is 6.18 Å². The first-order chi connectivity index (χ1) is 7.07. The highest BCUT2D eigenvalue weighted by Crippen LogP contribution is 2.29. The van der Waals surface area contributed by atoms with Gasteiger partial charge in [0.15, 0.2) is 0 Å². The molecule has 2 aromatic rings. The van der Waals surface area contributed by atoms with Crippen LogP contribution in [0.5, 0.6) is 0 Å². The molecule has 16 heavy (non-hydrogen) atoms. The number of halogens is 4. The van der Waals surface area contributed by atoms with Crippen molar-refractivity contribution in [3.63, 3.8) is 0 Å². The Morgan fingerprint density at radius 2 is 1.88 bits per heavy atom. The van der Waals surface area contributed by atoms with Gasteiger partial charge >= 0.3 is 6.18 Å². The van der Waals surface area contributed by atoms with Crippen LogP contribution < -0.4 is 0 Å². The van der Waals surface area contributed by atoms with E-state index in [4.69, 9.17) is 0 Å². The summed E-state index contributed by atoms with van der Waals surface area (Å²) in [5.41, 5.74) is 0.357. The predicted octanol–water partition coefficient (Wildman–Crippen LogP) is 2.91. The molecular weight excluding hydrogens is 243 g/mol. The zero-order valence-corrected chi connectivity index (χ0v) is 8.64. The van der Waals surface area contributed by atoms with Crippen molar-refractivity contribution in [2.24, 2.45) is 0 Å². The van der Waals surface area contributed by atoms with Crippen molar-refractivity contribution in [1.29, 1.82) is 0 Å². The average Bonchev–Trinajstić information content (AvgIpc) is 2.69. The van der Waals surface area contributed by atoms with Crippen molar-refractivity contribution in [3.05, 3.63) is 36.3 Å². The average molecular weight is 250 g/mol. The first-order valence-corrected chi connectivity index (χ1v) is 4.10. The molecule has 0 bridgehead atoms. The Balaban J connectivity index is 0.00000128. The van der Waals surface area contributed by atoms with E-state index in [-0.39, 0.29) is 12.4 Å². The molecule has 0 aromatic carbocycles. The third-order valence-corrected chi connectivity index (χ3v) is 1.88. The van der Waals surface area contributed by atoms with E-state index in [9.17, 15) is 13.2 Å². The molecule has 0 amide bonds. The molecule has 0 fully saturated rings. The van der Waals surface area contributed by atoms with Crippen LogP contribution in [-0.4, -0.2) is 15.2 Å². The second-order valence-electron chi connectivity index (χ2n) is 2.92. The normalized spacial score (nSPS) is 10.9. The van der Waals surface area contributed by atoms with Gasteiger partial charge in [0.1, 0.15) is 0 Å². The van der Waals surface area contributed by atoms with Crippen molar-refractivity contribution in [1.82, 2.24) is 15.2 Å². The monoisotopic (exact) mass is 249 g/mol. The fourth-order valence-electron chi connectivity index (χ4n) is 1.12. The van der Waals surface area contributed by atoms with E-state index < -0.39 is 11.7 Å². The highest BCUT2D eigenvalue weighted by molar-refractivity contribution is 5.85. The minimum absolute atomic E-state index is 0. The zero-order valence-electron chi connectivity index (χ0n) is 7.82. The van der Waals surface area contributed by atoms with Gasteiger partial charge in [-0.25, -0.2) is 0 Å². The summed E-state index contributed by atoms with van der Waals surface area (Å²) in [6.07, 6.45) is -0.477. The number of rotatable bonds is 1. The fourth-order valence-corrected chi connectivity index (χ4v) is 1.12. The Morgan fingerprint density at radius 1 is 1.12 bits per heavy atom. The molecule has 7 heteroatoms. The number of H-pyrrole nitrogens is 1. The third kappa shape index (κ3) is 2.52. The van der Waals surface area contributed by atoms with Crippen molar-refractivity contribution in [3.8, 4) is 11.3 Å². The molecule has 0 atom stereocenters. The van der Waals surface area contributed by atoms with E-state index in [1.54, 1.807) is 6.20 Å². The highest BCUT2D eigenvalue weighted by atomic mass is 35.5. The fraction of sp³-hybridized carbons (Fsp3) is 0.111. The number of nitrogens with zero attached hydrogens (tertiary/aromatic N) is 2. The first-order valence-electron chi connectivity index (χ1n) is 4.10. The molecule has 3 nitrogen and oxygen atoms in total. The maximum Gasteiger partial charge on any atom is 0.417 e. The number of alkyl halides is 3. The van der Waals surface area contributed by atoms with Gasteiger partial charge in [0.2, 0.25) is 0 Å². The maximum atomic E-state index is 12.2. The van der Waals surface area contributed by atoms with E-state index in [0.29, 0.717) is 11.3 Å². The summed E-state index contributed by atoms with van der Waals surface area (Å²) < 4.78 is 36.6. The maximum absolute atomic E-state index is 12.2. The number of aromatic amines is 1. The van der Waals surface area contributed by atoms with Crippen LogP contribution in [0.4, 0.5) is 13.2 Å². The number of aromatic nitrogens is 3. The highest BCUT2D eigenvalue weighted by Gasteiger charge is 2.30. The van der Waals surface area contributed by atoms with Gasteiger partial charge in [-0.15, -0.1) is 12.4 Å². The number of hydrogen-bond acceptors (Lipinski definition) is 2. The lowest BCUT2D eigenvalue weighted by Gasteiger charge is -2.05. The van der Waals surface area contributed by atoms with Crippen LogP contribution in [0.2, 0.25) is 0 Å². The van der Waals surface area contributed by atoms with E-state index in [0.717, 1.165) is 12.3 Å². The summed E-state index contributed by atoms with van der Waals surface area (Å²) >= 11 is 0. The van der Waals surface area contributed by atoms with Crippen LogP contribution in [0.1, 0.15) is 5.56 Å². The van der Waals surface area contributed by atoms with E-state index in [2.05, 4.69) is 15.2 Å². The van der Waals surface area contributed by atoms with Crippen molar-refractivity contribution in [2.45, 2.75) is 6.18 Å². The van der Waals surface area contributed by atoms with Crippen LogP contribution >= 0.6 is 12.4 Å². The second-order valence-corrected chi connectivity index (χ2v) is 2.92. The van der Waals surface area contributed by atoms with Crippen LogP contribution in [0.3, 0.4) is 0 Å². The first kappa shape index (κ1) is 12.5. The summed E-state index contributed by atoms with van der Waals surface area (Å²) in [6.45, 7) is 0. The number of pyridine rings is 1. The molecule has 0 aliphatic carbocycles. The lowest BCUT2D eigenvalue weighted by Crippen LogP contribution is -2.05. The molecule has 2 aromatic heterocycles. The molecule has 2 rings (SSSR count). The van der Waals surface area contributed by atoms with Crippen molar-refractivity contribution >= 4 is 12.4 Å². The van der Waals surface area contributed by atoms with E-state index in [1.807, 2.05) is 0 Å². The molecule has 0 radical (unpaired) electrons. The zero-order chi connectivity index (χ0) is 10.9. The largest absolute Gasteiger partial charge is 0.417 e. The lowest BCUT2D eigenvalue weighted by molar-refractivity contribution is -0.137. The van der Waals surface area contributed by atoms with Gasteiger partial charge in [0.05, 0.1) is 17.5 Å². The quantitative estimate of drug-likeness (QED) is 0.844. The van der Waals surface area contributed by atoms with Gasteiger partial charge in [-0.3, -0.25) is 10.1 Å². The van der Waals surface area contributed by atoms with E-state index in [1.165, 1.54) is 12.3 Å². The van der Waals surface area contributed by atoms with Crippen LogP contribution in [0.15, 0.2) is 30.7 Å². The second kappa shape index (κ2) is 4.52. The van der Waals surface area contributed by atoms with Crippen LogP contribution in [0, 0.1) is 0 Å². The number of hydrogen-bond donors (Lipinski definition) is 1. The van der Waals surface area contributed by atoms with Gasteiger partial charge in [-0.05, 0) is 12.1 Å². The Kier molecular flexibility index (Phi) is 3.54. The minimum Gasteiger partial charge on any atom is -0.285 e. The molecule has 0 saturated carbocycles. The summed E-state index contributed by atoms with van der Waals surface area (Å²) in [6, 6.07) is 2.31. The standard InChI is InChI=1S/C9H6F3N3.ClH/c10-9(11,12)7-1-2-8(13-5-7)6-3-14-15-4-6;/h1-5H,(H,14,15);1H. The van der Waals surface area contributed by atoms with E-state index >= 15 is 0 Å². The smallest absolute Gasteiger partial charge is 0.285 e. The predicted molar refractivity (Wildman–Crippen MR) is 54.1 cm³/mol. The Morgan fingerprint density at radius 3 is 2.31 bits per heavy atom. The SMILES string of the molecule is Cl.FC(F)(F)c1ccc(-c2cn[nH]c2)nc1. The van der Waals surface area contributed by atoms with Gasteiger partial charge < -0.3 is 0 Å². The summed E-state index contributed by atoms with van der Waals surface area (Å²) in [5, 5.41) is 6.24. The Labute approximate surface area is 95.1 Å². The topological polar surface area (TPSA) is 41.6 Å². The molecule has 2 heterocycles.